The maximum absolute atomic E-state index is 9.34. The van der Waals surface area contributed by atoms with Gasteiger partial charge in [0.25, 0.3) is 0 Å². The van der Waals surface area contributed by atoms with Crippen molar-refractivity contribution in [2.45, 2.75) is 24.2 Å². The average molecular weight is 203 g/mol. The molecule has 1 heterocycles. The van der Waals surface area contributed by atoms with Gasteiger partial charge in [-0.05, 0) is 24.0 Å². The Bertz CT molecular complexity index is 349. The zero-order valence-electron chi connectivity index (χ0n) is 8.87. The van der Waals surface area contributed by atoms with Crippen molar-refractivity contribution in [3.63, 3.8) is 0 Å². The molecule has 0 radical (unpaired) electrons. The molecule has 0 spiro atoms. The van der Waals surface area contributed by atoms with Crippen LogP contribution in [0.5, 0.6) is 0 Å². The molecule has 1 aliphatic heterocycles. The summed E-state index contributed by atoms with van der Waals surface area (Å²) in [6, 6.07) is 8.88. The third kappa shape index (κ3) is 1.48. The van der Waals surface area contributed by atoms with E-state index in [1.54, 1.807) is 0 Å². The van der Waals surface area contributed by atoms with E-state index in [-0.39, 0.29) is 5.41 Å². The molecule has 0 unspecified atom stereocenters. The summed E-state index contributed by atoms with van der Waals surface area (Å²) in [6.07, 6.45) is 2.29. The summed E-state index contributed by atoms with van der Waals surface area (Å²) in [5.41, 5.74) is 2.88. The van der Waals surface area contributed by atoms with Gasteiger partial charge in [0, 0.05) is 24.4 Å². The highest BCUT2D eigenvalue weighted by Crippen LogP contribution is 2.47. The molecule has 0 bridgehead atoms. The predicted octanol–water partition coefficient (Wildman–Crippen LogP) is 1.40. The molecule has 1 saturated heterocycles. The maximum atomic E-state index is 9.34. The summed E-state index contributed by atoms with van der Waals surface area (Å²) in [7, 11) is 0. The molecule has 1 aromatic rings. The second-order valence-electron chi connectivity index (χ2n) is 4.92. The lowest BCUT2D eigenvalue weighted by Gasteiger charge is -2.27. The van der Waals surface area contributed by atoms with E-state index in [1.165, 1.54) is 11.1 Å². The molecule has 2 fully saturated rings. The monoisotopic (exact) mass is 203 g/mol. The molecule has 1 aromatic carbocycles. The van der Waals surface area contributed by atoms with Crippen molar-refractivity contribution in [3.8, 4) is 0 Å². The summed E-state index contributed by atoms with van der Waals surface area (Å²) >= 11 is 0. The summed E-state index contributed by atoms with van der Waals surface area (Å²) in [5, 5.41) is 12.6. The van der Waals surface area contributed by atoms with Crippen molar-refractivity contribution in [3.05, 3.63) is 35.4 Å². The Morgan fingerprint density at radius 2 is 1.87 bits per heavy atom. The van der Waals surface area contributed by atoms with Crippen LogP contribution in [0, 0.1) is 0 Å². The Hall–Kier alpha value is -0.860. The summed E-state index contributed by atoms with van der Waals surface area (Å²) in [4.78, 5) is 0. The smallest absolute Gasteiger partial charge is 0.0527 e. The van der Waals surface area contributed by atoms with Crippen LogP contribution in [0.15, 0.2) is 24.3 Å². The number of hydrogen-bond acceptors (Lipinski definition) is 2. The van der Waals surface area contributed by atoms with Crippen molar-refractivity contribution in [2.24, 2.45) is 0 Å². The molecule has 80 valence electrons. The van der Waals surface area contributed by atoms with Crippen molar-refractivity contribution < 1.29 is 5.11 Å². The Balaban J connectivity index is 1.81. The number of aliphatic hydroxyl groups is 1. The van der Waals surface area contributed by atoms with Crippen molar-refractivity contribution in [1.82, 2.24) is 5.32 Å². The first-order valence-electron chi connectivity index (χ1n) is 5.76. The van der Waals surface area contributed by atoms with E-state index in [2.05, 4.69) is 29.6 Å². The van der Waals surface area contributed by atoms with Crippen LogP contribution in [0.4, 0.5) is 0 Å². The number of nitrogens with one attached hydrogen (secondary N) is 1. The number of rotatable bonds is 3. The molecule has 2 aliphatic rings. The third-order valence-corrected chi connectivity index (χ3v) is 3.93. The minimum atomic E-state index is 0.121. The van der Waals surface area contributed by atoms with Crippen molar-refractivity contribution in [2.75, 3.05) is 19.7 Å². The second kappa shape index (κ2) is 3.32. The van der Waals surface area contributed by atoms with Crippen LogP contribution < -0.4 is 5.32 Å². The molecular weight excluding hydrogens is 186 g/mol. The number of hydrogen-bond donors (Lipinski definition) is 2. The number of benzene rings is 1. The van der Waals surface area contributed by atoms with E-state index < -0.39 is 0 Å². The zero-order chi connectivity index (χ0) is 10.3. The quantitative estimate of drug-likeness (QED) is 0.778. The molecule has 1 aliphatic carbocycles. The van der Waals surface area contributed by atoms with Gasteiger partial charge in [-0.25, -0.2) is 0 Å². The van der Waals surface area contributed by atoms with Gasteiger partial charge in [-0.15, -0.1) is 0 Å². The molecule has 0 amide bonds. The largest absolute Gasteiger partial charge is 0.395 e. The lowest BCUT2D eigenvalue weighted by atomic mass is 9.90. The van der Waals surface area contributed by atoms with Crippen LogP contribution in [0.2, 0.25) is 0 Å². The Labute approximate surface area is 90.3 Å². The van der Waals surface area contributed by atoms with Crippen molar-refractivity contribution >= 4 is 0 Å². The lowest BCUT2D eigenvalue weighted by molar-refractivity contribution is 0.255. The number of aliphatic hydroxyl groups excluding tert-OH is 1. The van der Waals surface area contributed by atoms with Gasteiger partial charge in [-0.2, -0.15) is 0 Å². The van der Waals surface area contributed by atoms with Gasteiger partial charge in [-0.1, -0.05) is 24.3 Å². The highest BCUT2D eigenvalue weighted by molar-refractivity contribution is 5.35. The van der Waals surface area contributed by atoms with Gasteiger partial charge in [-0.3, -0.25) is 0 Å². The van der Waals surface area contributed by atoms with Crippen LogP contribution in [0.25, 0.3) is 0 Å². The van der Waals surface area contributed by atoms with E-state index in [4.69, 9.17) is 0 Å². The Morgan fingerprint density at radius 3 is 2.27 bits per heavy atom. The van der Waals surface area contributed by atoms with Crippen LogP contribution >= 0.6 is 0 Å². The van der Waals surface area contributed by atoms with Crippen LogP contribution in [0.3, 0.4) is 0 Å². The second-order valence-corrected chi connectivity index (χ2v) is 4.92. The molecule has 2 heteroatoms. The molecule has 1 saturated carbocycles. The average Bonchev–Trinajstić information content (AvgIpc) is 2.97. The normalized spacial score (nSPS) is 23.5. The fourth-order valence-electron chi connectivity index (χ4n) is 2.32. The van der Waals surface area contributed by atoms with E-state index in [0.717, 1.165) is 25.9 Å². The topological polar surface area (TPSA) is 32.3 Å². The Morgan fingerprint density at radius 1 is 1.20 bits per heavy atom. The summed E-state index contributed by atoms with van der Waals surface area (Å²) in [6.45, 7) is 2.53. The first kappa shape index (κ1) is 9.37. The standard InChI is InChI=1S/C13H17NO/c15-9-13(5-6-13)12-3-1-10(2-4-12)11-7-14-8-11/h1-4,11,14-15H,5-9H2. The van der Waals surface area contributed by atoms with Gasteiger partial charge in [0.1, 0.15) is 0 Å². The van der Waals surface area contributed by atoms with Gasteiger partial charge in [0.2, 0.25) is 0 Å². The zero-order valence-corrected chi connectivity index (χ0v) is 8.87. The first-order chi connectivity index (χ1) is 7.34. The van der Waals surface area contributed by atoms with Crippen LogP contribution in [-0.4, -0.2) is 24.8 Å². The third-order valence-electron chi connectivity index (χ3n) is 3.93. The minimum Gasteiger partial charge on any atom is -0.395 e. The van der Waals surface area contributed by atoms with Gasteiger partial charge in [0.05, 0.1) is 6.61 Å². The van der Waals surface area contributed by atoms with Gasteiger partial charge in [0.15, 0.2) is 0 Å². The SMILES string of the molecule is OCC1(c2ccc(C3CNC3)cc2)CC1. The van der Waals surface area contributed by atoms with Crippen LogP contribution in [0.1, 0.15) is 29.9 Å². The lowest BCUT2D eigenvalue weighted by Crippen LogP contribution is -2.39. The summed E-state index contributed by atoms with van der Waals surface area (Å²) in [5.74, 6) is 0.711. The molecule has 15 heavy (non-hydrogen) atoms. The molecule has 3 rings (SSSR count). The fraction of sp³-hybridized carbons (Fsp3) is 0.538. The van der Waals surface area contributed by atoms with E-state index in [9.17, 15) is 5.11 Å². The molecule has 2 N–H and O–H groups in total. The highest BCUT2D eigenvalue weighted by atomic mass is 16.3. The summed E-state index contributed by atoms with van der Waals surface area (Å²) < 4.78 is 0. The van der Waals surface area contributed by atoms with E-state index in [0.29, 0.717) is 12.5 Å². The predicted molar refractivity (Wildman–Crippen MR) is 60.1 cm³/mol. The maximum Gasteiger partial charge on any atom is 0.0527 e. The minimum absolute atomic E-state index is 0.121. The van der Waals surface area contributed by atoms with Crippen molar-refractivity contribution in [1.29, 1.82) is 0 Å². The molecule has 0 aromatic heterocycles. The Kier molecular flexibility index (Phi) is 2.08. The van der Waals surface area contributed by atoms with Crippen LogP contribution in [-0.2, 0) is 5.41 Å². The highest BCUT2D eigenvalue weighted by Gasteiger charge is 2.43. The van der Waals surface area contributed by atoms with Gasteiger partial charge < -0.3 is 10.4 Å². The fourth-order valence-corrected chi connectivity index (χ4v) is 2.32. The van der Waals surface area contributed by atoms with E-state index >= 15 is 0 Å². The molecule has 2 nitrogen and oxygen atoms in total. The molecule has 0 atom stereocenters. The van der Waals surface area contributed by atoms with Gasteiger partial charge >= 0.3 is 0 Å². The molecular formula is C13H17NO. The first-order valence-corrected chi connectivity index (χ1v) is 5.76. The van der Waals surface area contributed by atoms with E-state index in [1.807, 2.05) is 0 Å².